The lowest BCUT2D eigenvalue weighted by Gasteiger charge is -2.44. The second-order valence-corrected chi connectivity index (χ2v) is 7.51. The summed E-state index contributed by atoms with van der Waals surface area (Å²) in [6, 6.07) is 0. The van der Waals surface area contributed by atoms with Crippen LogP contribution in [-0.2, 0) is 9.59 Å². The zero-order valence-corrected chi connectivity index (χ0v) is 12.4. The molecule has 0 aromatic rings. The molecule has 4 nitrogen and oxygen atoms in total. The summed E-state index contributed by atoms with van der Waals surface area (Å²) in [4.78, 5) is 26.6. The third-order valence-electron chi connectivity index (χ3n) is 4.84. The number of piperazine rings is 1. The van der Waals surface area contributed by atoms with Gasteiger partial charge in [-0.3, -0.25) is 9.59 Å². The van der Waals surface area contributed by atoms with E-state index in [1.165, 1.54) is 19.3 Å². The molecule has 2 aliphatic carbocycles. The first-order chi connectivity index (χ1) is 9.09. The Kier molecular flexibility index (Phi) is 3.28. The quantitative estimate of drug-likeness (QED) is 0.854. The van der Waals surface area contributed by atoms with E-state index in [-0.39, 0.29) is 23.1 Å². The number of nitrogens with zero attached hydrogens (tertiary/aromatic N) is 1. The molecule has 1 aliphatic heterocycles. The Hall–Kier alpha value is -0.710. The number of hydrogen-bond acceptors (Lipinski definition) is 3. The van der Waals surface area contributed by atoms with E-state index in [2.05, 4.69) is 11.6 Å². The lowest BCUT2D eigenvalue weighted by atomic mass is 9.79. The summed E-state index contributed by atoms with van der Waals surface area (Å²) in [5.74, 6) is 0.200. The van der Waals surface area contributed by atoms with E-state index >= 15 is 0 Å². The van der Waals surface area contributed by atoms with Gasteiger partial charge in [0.05, 0.1) is 6.54 Å². The smallest absolute Gasteiger partial charge is 0.248 e. The Balaban J connectivity index is 1.77. The van der Waals surface area contributed by atoms with Crippen molar-refractivity contribution in [1.82, 2.24) is 10.2 Å². The van der Waals surface area contributed by atoms with Crippen LogP contribution in [0.2, 0.25) is 0 Å². The maximum Gasteiger partial charge on any atom is 0.248 e. The minimum absolute atomic E-state index is 0.0263. The molecule has 1 N–H and O–H groups in total. The average Bonchev–Trinajstić information content (AvgIpc) is 3.17. The summed E-state index contributed by atoms with van der Waals surface area (Å²) >= 11 is 1.84. The van der Waals surface area contributed by atoms with Gasteiger partial charge < -0.3 is 10.2 Å². The van der Waals surface area contributed by atoms with Gasteiger partial charge >= 0.3 is 0 Å². The van der Waals surface area contributed by atoms with Gasteiger partial charge in [0.1, 0.15) is 5.54 Å². The molecule has 0 aromatic carbocycles. The third-order valence-corrected chi connectivity index (χ3v) is 6.24. The van der Waals surface area contributed by atoms with E-state index in [9.17, 15) is 9.59 Å². The number of hydrogen-bond donors (Lipinski definition) is 1. The van der Waals surface area contributed by atoms with Crippen LogP contribution in [0.1, 0.15) is 44.9 Å². The molecule has 3 fully saturated rings. The van der Waals surface area contributed by atoms with Crippen LogP contribution in [-0.4, -0.2) is 46.3 Å². The van der Waals surface area contributed by atoms with E-state index in [1.54, 1.807) is 0 Å². The molecule has 106 valence electrons. The molecular weight excluding hydrogens is 260 g/mol. The predicted molar refractivity (Wildman–Crippen MR) is 76.0 cm³/mol. The van der Waals surface area contributed by atoms with Gasteiger partial charge in [0, 0.05) is 11.3 Å². The fourth-order valence-corrected chi connectivity index (χ4v) is 4.24. The first-order valence-corrected chi connectivity index (χ1v) is 8.47. The van der Waals surface area contributed by atoms with Gasteiger partial charge in [0.25, 0.3) is 0 Å². The lowest BCUT2D eigenvalue weighted by molar-refractivity contribution is -0.151. The molecule has 1 saturated heterocycles. The van der Waals surface area contributed by atoms with Gasteiger partial charge in [-0.2, -0.15) is 11.8 Å². The first kappa shape index (κ1) is 13.3. The van der Waals surface area contributed by atoms with Crippen LogP contribution >= 0.6 is 11.8 Å². The van der Waals surface area contributed by atoms with Gasteiger partial charge in [-0.25, -0.2) is 0 Å². The van der Waals surface area contributed by atoms with Gasteiger partial charge in [0.15, 0.2) is 0 Å². The van der Waals surface area contributed by atoms with Gasteiger partial charge in [-0.05, 0) is 31.9 Å². The van der Waals surface area contributed by atoms with Crippen molar-refractivity contribution in [2.24, 2.45) is 0 Å². The van der Waals surface area contributed by atoms with E-state index in [0.717, 1.165) is 32.2 Å². The second kappa shape index (κ2) is 4.69. The summed E-state index contributed by atoms with van der Waals surface area (Å²) in [6.07, 6.45) is 9.37. The molecule has 3 rings (SSSR count). The fourth-order valence-electron chi connectivity index (χ4n) is 3.44. The van der Waals surface area contributed by atoms with Gasteiger partial charge in [0.2, 0.25) is 11.8 Å². The van der Waals surface area contributed by atoms with Crippen molar-refractivity contribution < 1.29 is 9.59 Å². The zero-order valence-electron chi connectivity index (χ0n) is 11.5. The van der Waals surface area contributed by atoms with Crippen LogP contribution in [0.25, 0.3) is 0 Å². The summed E-state index contributed by atoms with van der Waals surface area (Å²) in [5.41, 5.74) is -0.567. The largest absolute Gasteiger partial charge is 0.340 e. The highest BCUT2D eigenvalue weighted by Crippen LogP contribution is 2.48. The van der Waals surface area contributed by atoms with Crippen LogP contribution in [0, 0.1) is 0 Å². The van der Waals surface area contributed by atoms with Crippen molar-refractivity contribution >= 4 is 23.6 Å². The number of carbonyl (C=O) groups excluding carboxylic acids is 2. The molecule has 1 heterocycles. The van der Waals surface area contributed by atoms with Crippen LogP contribution in [0.5, 0.6) is 0 Å². The standard InChI is InChI=1S/C14H22N2O2S/c1-19-13(7-8-13)10-16-9-11(17)15-14(12(16)18)5-3-2-4-6-14/h2-10H2,1H3,(H,15,17). The molecular formula is C14H22N2O2S. The van der Waals surface area contributed by atoms with Crippen molar-refractivity contribution in [1.29, 1.82) is 0 Å². The SMILES string of the molecule is CSC1(CN2CC(=O)NC3(CCCCC3)C2=O)CC1. The van der Waals surface area contributed by atoms with E-state index in [0.29, 0.717) is 0 Å². The first-order valence-electron chi connectivity index (χ1n) is 7.25. The molecule has 2 saturated carbocycles. The van der Waals surface area contributed by atoms with Gasteiger partial charge in [-0.1, -0.05) is 19.3 Å². The molecule has 0 radical (unpaired) electrons. The summed E-state index contributed by atoms with van der Waals surface area (Å²) in [6.45, 7) is 1.01. The zero-order chi connectivity index (χ0) is 13.5. The monoisotopic (exact) mass is 282 g/mol. The molecule has 19 heavy (non-hydrogen) atoms. The molecule has 2 amide bonds. The van der Waals surface area contributed by atoms with Crippen molar-refractivity contribution in [2.75, 3.05) is 19.3 Å². The molecule has 0 atom stereocenters. The normalized spacial score (nSPS) is 28.4. The van der Waals surface area contributed by atoms with Crippen LogP contribution in [0.3, 0.4) is 0 Å². The summed E-state index contributed by atoms with van der Waals surface area (Å²) < 4.78 is 0.239. The maximum absolute atomic E-state index is 12.8. The maximum atomic E-state index is 12.8. The van der Waals surface area contributed by atoms with Crippen molar-refractivity contribution in [3.8, 4) is 0 Å². The minimum Gasteiger partial charge on any atom is -0.340 e. The molecule has 0 bridgehead atoms. The van der Waals surface area contributed by atoms with Crippen molar-refractivity contribution in [3.63, 3.8) is 0 Å². The van der Waals surface area contributed by atoms with Crippen molar-refractivity contribution in [2.45, 2.75) is 55.2 Å². The van der Waals surface area contributed by atoms with E-state index < -0.39 is 5.54 Å². The van der Waals surface area contributed by atoms with Crippen LogP contribution < -0.4 is 5.32 Å². The molecule has 1 spiro atoms. The predicted octanol–water partition coefficient (Wildman–Crippen LogP) is 1.54. The Bertz CT molecular complexity index is 400. The van der Waals surface area contributed by atoms with Crippen molar-refractivity contribution in [3.05, 3.63) is 0 Å². The number of nitrogens with one attached hydrogen (secondary N) is 1. The van der Waals surface area contributed by atoms with Gasteiger partial charge in [-0.15, -0.1) is 0 Å². The average molecular weight is 282 g/mol. The van der Waals surface area contributed by atoms with E-state index in [1.807, 2.05) is 16.7 Å². The third kappa shape index (κ3) is 2.37. The summed E-state index contributed by atoms with van der Waals surface area (Å²) in [5, 5.41) is 3.00. The molecule has 5 heteroatoms. The van der Waals surface area contributed by atoms with E-state index in [4.69, 9.17) is 0 Å². The highest BCUT2D eigenvalue weighted by atomic mass is 32.2. The molecule has 0 aromatic heterocycles. The molecule has 3 aliphatic rings. The fraction of sp³-hybridized carbons (Fsp3) is 0.857. The minimum atomic E-state index is -0.567. The Morgan fingerprint density at radius 2 is 1.84 bits per heavy atom. The Labute approximate surface area is 118 Å². The number of thioether (sulfide) groups is 1. The number of amides is 2. The summed E-state index contributed by atoms with van der Waals surface area (Å²) in [7, 11) is 0. The van der Waals surface area contributed by atoms with Crippen LogP contribution in [0.15, 0.2) is 0 Å². The number of carbonyl (C=O) groups is 2. The highest BCUT2D eigenvalue weighted by molar-refractivity contribution is 8.00. The molecule has 0 unspecified atom stereocenters. The Morgan fingerprint density at radius 3 is 2.42 bits per heavy atom. The highest BCUT2D eigenvalue weighted by Gasteiger charge is 2.51. The lowest BCUT2D eigenvalue weighted by Crippen LogP contribution is -2.67. The second-order valence-electron chi connectivity index (χ2n) is 6.24. The van der Waals surface area contributed by atoms with Crippen LogP contribution in [0.4, 0.5) is 0 Å². The topological polar surface area (TPSA) is 49.4 Å². The number of rotatable bonds is 3. The Morgan fingerprint density at radius 1 is 1.16 bits per heavy atom.